The molecular weight excluding hydrogens is 300 g/mol. The zero-order valence-electron chi connectivity index (χ0n) is 13.1. The molecule has 3 rings (SSSR count). The van der Waals surface area contributed by atoms with Crippen LogP contribution in [0.2, 0.25) is 0 Å². The van der Waals surface area contributed by atoms with Gasteiger partial charge in [0.25, 0.3) is 5.71 Å². The lowest BCUT2D eigenvalue weighted by molar-refractivity contribution is 0.0458. The fraction of sp³-hybridized carbons (Fsp3) is 0.429. The fourth-order valence-corrected chi connectivity index (χ4v) is 2.30. The second-order valence-electron chi connectivity index (χ2n) is 5.15. The first-order valence-electron chi connectivity index (χ1n) is 7.26. The van der Waals surface area contributed by atoms with E-state index in [9.17, 15) is 4.79 Å². The van der Waals surface area contributed by atoms with Crippen molar-refractivity contribution in [2.24, 2.45) is 0 Å². The van der Waals surface area contributed by atoms with Crippen LogP contribution in [-0.4, -0.2) is 36.3 Å². The van der Waals surface area contributed by atoms with Gasteiger partial charge in [0, 0.05) is 12.2 Å². The Bertz CT molecular complexity index is 853. The number of nitrogens with zero attached hydrogens (tertiary/aromatic N) is 6. The first-order valence-corrected chi connectivity index (χ1v) is 7.26. The van der Waals surface area contributed by atoms with Crippen LogP contribution in [0.3, 0.4) is 0 Å². The molecule has 0 aliphatic rings. The highest BCUT2D eigenvalue weighted by atomic mass is 16.5. The van der Waals surface area contributed by atoms with Gasteiger partial charge in [0.05, 0.1) is 16.6 Å². The minimum absolute atomic E-state index is 0.000967. The lowest BCUT2D eigenvalue weighted by Crippen LogP contribution is -2.11. The molecule has 0 N–H and O–H groups in total. The van der Waals surface area contributed by atoms with E-state index < -0.39 is 5.97 Å². The molecule has 0 aliphatic heterocycles. The maximum atomic E-state index is 12.4. The molecule has 0 saturated carbocycles. The van der Waals surface area contributed by atoms with Crippen molar-refractivity contribution in [3.63, 3.8) is 0 Å². The number of aromatic nitrogens is 6. The molecular formula is C14H16N6O3. The summed E-state index contributed by atoms with van der Waals surface area (Å²) in [6.45, 7) is 6.21. The van der Waals surface area contributed by atoms with Gasteiger partial charge < -0.3 is 9.26 Å². The molecule has 0 radical (unpaired) electrons. The van der Waals surface area contributed by atoms with Gasteiger partial charge >= 0.3 is 5.97 Å². The minimum Gasteiger partial charge on any atom is -0.454 e. The Morgan fingerprint density at radius 3 is 3.00 bits per heavy atom. The second-order valence-corrected chi connectivity index (χ2v) is 5.15. The first kappa shape index (κ1) is 15.1. The Hall–Kier alpha value is -2.84. The van der Waals surface area contributed by atoms with E-state index in [0.29, 0.717) is 40.4 Å². The molecule has 0 bridgehead atoms. The van der Waals surface area contributed by atoms with Gasteiger partial charge in [-0.15, -0.1) is 5.10 Å². The third-order valence-electron chi connectivity index (χ3n) is 3.34. The number of hydrogen-bond donors (Lipinski definition) is 0. The molecule has 23 heavy (non-hydrogen) atoms. The zero-order chi connectivity index (χ0) is 16.4. The largest absolute Gasteiger partial charge is 0.454 e. The Morgan fingerprint density at radius 2 is 2.22 bits per heavy atom. The van der Waals surface area contributed by atoms with E-state index in [-0.39, 0.29) is 6.61 Å². The van der Waals surface area contributed by atoms with Crippen molar-refractivity contribution in [2.45, 2.75) is 40.3 Å². The van der Waals surface area contributed by atoms with Crippen molar-refractivity contribution in [1.29, 1.82) is 0 Å². The molecule has 0 amide bonds. The average Bonchev–Trinajstić information content (AvgIpc) is 3.11. The van der Waals surface area contributed by atoms with E-state index in [1.54, 1.807) is 24.6 Å². The summed E-state index contributed by atoms with van der Waals surface area (Å²) in [5.74, 6) is 0.0158. The van der Waals surface area contributed by atoms with Crippen LogP contribution >= 0.6 is 0 Å². The summed E-state index contributed by atoms with van der Waals surface area (Å²) in [5.41, 5.74) is 1.94. The van der Waals surface area contributed by atoms with Crippen LogP contribution in [0.5, 0.6) is 0 Å². The number of carbonyl (C=O) groups is 1. The minimum atomic E-state index is -0.488. The summed E-state index contributed by atoms with van der Waals surface area (Å²) in [6, 6.07) is 1.66. The molecule has 0 atom stereocenters. The number of tetrazole rings is 1. The SMILES string of the molecule is CCCn1nnnc1COC(=O)c1cc(C)nc2onc(C)c12. The standard InChI is InChI=1S/C14H16N6O3/c1-4-5-20-11(16-18-19-20)7-22-14(21)10-6-8(2)15-13-12(10)9(3)17-23-13/h6H,4-5,7H2,1-3H3. The molecule has 0 saturated heterocycles. The number of ether oxygens (including phenoxy) is 1. The second kappa shape index (κ2) is 6.11. The smallest absolute Gasteiger partial charge is 0.339 e. The molecule has 9 nitrogen and oxygen atoms in total. The van der Waals surface area contributed by atoms with E-state index in [1.807, 2.05) is 6.92 Å². The van der Waals surface area contributed by atoms with E-state index in [1.165, 1.54) is 0 Å². The monoisotopic (exact) mass is 316 g/mol. The summed E-state index contributed by atoms with van der Waals surface area (Å²) < 4.78 is 12.1. The Morgan fingerprint density at radius 1 is 1.39 bits per heavy atom. The van der Waals surface area contributed by atoms with E-state index >= 15 is 0 Å². The van der Waals surface area contributed by atoms with Gasteiger partial charge in [-0.2, -0.15) is 0 Å². The van der Waals surface area contributed by atoms with Crippen molar-refractivity contribution < 1.29 is 14.1 Å². The maximum Gasteiger partial charge on any atom is 0.339 e. The van der Waals surface area contributed by atoms with E-state index in [2.05, 4.69) is 25.7 Å². The number of carbonyl (C=O) groups excluding carboxylic acids is 1. The molecule has 0 fully saturated rings. The van der Waals surface area contributed by atoms with E-state index in [4.69, 9.17) is 9.26 Å². The quantitative estimate of drug-likeness (QED) is 0.653. The number of rotatable bonds is 5. The molecule has 3 heterocycles. The predicted molar refractivity (Wildman–Crippen MR) is 78.5 cm³/mol. The highest BCUT2D eigenvalue weighted by molar-refractivity contribution is 6.03. The van der Waals surface area contributed by atoms with Crippen LogP contribution in [0.4, 0.5) is 0 Å². The van der Waals surface area contributed by atoms with Crippen molar-refractivity contribution in [3.05, 3.63) is 28.8 Å². The Balaban J connectivity index is 1.83. The van der Waals surface area contributed by atoms with Crippen LogP contribution in [0, 0.1) is 13.8 Å². The lowest BCUT2D eigenvalue weighted by Gasteiger charge is -2.06. The molecule has 3 aromatic heterocycles. The average molecular weight is 316 g/mol. The Kier molecular flexibility index (Phi) is 4.00. The third kappa shape index (κ3) is 2.89. The predicted octanol–water partition coefficient (Wildman–Crippen LogP) is 1.59. The number of pyridine rings is 1. The lowest BCUT2D eigenvalue weighted by atomic mass is 10.1. The normalized spacial score (nSPS) is 11.1. The van der Waals surface area contributed by atoms with E-state index in [0.717, 1.165) is 6.42 Å². The van der Waals surface area contributed by atoms with Crippen LogP contribution in [0.1, 0.15) is 40.9 Å². The summed E-state index contributed by atoms with van der Waals surface area (Å²) in [7, 11) is 0. The maximum absolute atomic E-state index is 12.4. The summed E-state index contributed by atoms with van der Waals surface area (Å²) in [4.78, 5) is 16.6. The molecule has 0 aliphatic carbocycles. The third-order valence-corrected chi connectivity index (χ3v) is 3.34. The van der Waals surface area contributed by atoms with Crippen molar-refractivity contribution in [3.8, 4) is 0 Å². The van der Waals surface area contributed by atoms with Gasteiger partial charge in [-0.1, -0.05) is 12.1 Å². The zero-order valence-corrected chi connectivity index (χ0v) is 13.1. The molecule has 3 aromatic rings. The first-order chi connectivity index (χ1) is 11.1. The van der Waals surface area contributed by atoms with Crippen molar-refractivity contribution in [2.75, 3.05) is 0 Å². The topological polar surface area (TPSA) is 109 Å². The van der Waals surface area contributed by atoms with Gasteiger partial charge in [-0.05, 0) is 36.8 Å². The molecule has 0 spiro atoms. The molecule has 9 heteroatoms. The highest BCUT2D eigenvalue weighted by Gasteiger charge is 2.19. The number of esters is 1. The number of fused-ring (bicyclic) bond motifs is 1. The molecule has 120 valence electrons. The van der Waals surface area contributed by atoms with Crippen molar-refractivity contribution >= 4 is 17.1 Å². The van der Waals surface area contributed by atoms with Crippen LogP contribution in [0.15, 0.2) is 10.6 Å². The van der Waals surface area contributed by atoms with Crippen molar-refractivity contribution in [1.82, 2.24) is 30.3 Å². The van der Waals surface area contributed by atoms with Crippen LogP contribution < -0.4 is 0 Å². The Labute approximate surface area is 131 Å². The van der Waals surface area contributed by atoms with Crippen LogP contribution in [0.25, 0.3) is 11.1 Å². The van der Waals surface area contributed by atoms with Gasteiger partial charge in [-0.25, -0.2) is 14.5 Å². The number of aryl methyl sites for hydroxylation is 3. The summed E-state index contributed by atoms with van der Waals surface area (Å²) in [5, 5.41) is 15.7. The van der Waals surface area contributed by atoms with Gasteiger partial charge in [0.15, 0.2) is 12.4 Å². The summed E-state index contributed by atoms with van der Waals surface area (Å²) in [6.07, 6.45) is 0.885. The van der Waals surface area contributed by atoms with Gasteiger partial charge in [0.2, 0.25) is 0 Å². The fourth-order valence-electron chi connectivity index (χ4n) is 2.30. The molecule has 0 aromatic carbocycles. The van der Waals surface area contributed by atoms with Crippen LogP contribution in [-0.2, 0) is 17.9 Å². The molecule has 0 unspecified atom stereocenters. The van der Waals surface area contributed by atoms with Gasteiger partial charge in [0.1, 0.15) is 0 Å². The summed E-state index contributed by atoms with van der Waals surface area (Å²) >= 11 is 0. The van der Waals surface area contributed by atoms with Gasteiger partial charge in [-0.3, -0.25) is 0 Å². The highest BCUT2D eigenvalue weighted by Crippen LogP contribution is 2.22. The number of hydrogen-bond acceptors (Lipinski definition) is 8.